The first-order valence-electron chi connectivity index (χ1n) is 6.28. The average Bonchev–Trinajstić information content (AvgIpc) is 3.01. The van der Waals surface area contributed by atoms with Crippen LogP contribution in [0.3, 0.4) is 0 Å². The smallest absolute Gasteiger partial charge is 0.0114 e. The first kappa shape index (κ1) is 11.0. The van der Waals surface area contributed by atoms with Gasteiger partial charge in [-0.1, -0.05) is 30.3 Å². The van der Waals surface area contributed by atoms with Crippen LogP contribution in [0.25, 0.3) is 0 Å². The molecule has 0 nitrogen and oxygen atoms in total. The molecule has 2 aliphatic rings. The fourth-order valence-corrected chi connectivity index (χ4v) is 5.58. The summed E-state index contributed by atoms with van der Waals surface area (Å²) in [6.45, 7) is 0. The van der Waals surface area contributed by atoms with Crippen molar-refractivity contribution in [2.24, 2.45) is 0 Å². The summed E-state index contributed by atoms with van der Waals surface area (Å²) in [5.74, 6) is 3.78. The third kappa shape index (κ3) is 1.63. The Morgan fingerprint density at radius 1 is 0.889 bits per heavy atom. The molecule has 0 aliphatic carbocycles. The zero-order valence-corrected chi connectivity index (χ0v) is 11.6. The molecule has 4 rings (SSSR count). The molecule has 2 heteroatoms. The molecule has 0 spiro atoms. The highest BCUT2D eigenvalue weighted by molar-refractivity contribution is 8.00. The van der Waals surface area contributed by atoms with E-state index < -0.39 is 0 Å². The Labute approximate surface area is 116 Å². The van der Waals surface area contributed by atoms with E-state index in [0.717, 1.165) is 0 Å². The molecule has 2 aromatic carbocycles. The lowest BCUT2D eigenvalue weighted by Crippen LogP contribution is -2.10. The van der Waals surface area contributed by atoms with Crippen LogP contribution in [0, 0.1) is 6.07 Å². The topological polar surface area (TPSA) is 0 Å². The summed E-state index contributed by atoms with van der Waals surface area (Å²) < 4.78 is 0. The Hall–Kier alpha value is -0.860. The van der Waals surface area contributed by atoms with Crippen molar-refractivity contribution in [3.63, 3.8) is 0 Å². The zero-order chi connectivity index (χ0) is 11.9. The molecule has 0 fully saturated rings. The first-order chi connectivity index (χ1) is 8.93. The number of thioether (sulfide) groups is 2. The van der Waals surface area contributed by atoms with Gasteiger partial charge in [-0.2, -0.15) is 0 Å². The summed E-state index contributed by atoms with van der Waals surface area (Å²) in [6.07, 6.45) is 0. The van der Waals surface area contributed by atoms with Gasteiger partial charge in [0.2, 0.25) is 0 Å². The summed E-state index contributed by atoms with van der Waals surface area (Å²) in [4.78, 5) is 2.92. The van der Waals surface area contributed by atoms with Crippen LogP contribution in [0.1, 0.15) is 23.0 Å². The molecule has 0 amide bonds. The quantitative estimate of drug-likeness (QED) is 0.744. The molecule has 2 heterocycles. The van der Waals surface area contributed by atoms with Crippen LogP contribution in [-0.4, -0.2) is 11.5 Å². The summed E-state index contributed by atoms with van der Waals surface area (Å²) >= 11 is 4.01. The molecule has 2 aliphatic heterocycles. The van der Waals surface area contributed by atoms with E-state index in [-0.39, 0.29) is 0 Å². The Balaban J connectivity index is 1.75. The van der Waals surface area contributed by atoms with Crippen LogP contribution in [0.2, 0.25) is 0 Å². The molecule has 2 unspecified atom stereocenters. The van der Waals surface area contributed by atoms with E-state index in [1.807, 2.05) is 23.5 Å². The van der Waals surface area contributed by atoms with Gasteiger partial charge in [-0.3, -0.25) is 0 Å². The van der Waals surface area contributed by atoms with Crippen molar-refractivity contribution in [3.05, 3.63) is 59.7 Å². The number of benzene rings is 2. The summed E-state index contributed by atoms with van der Waals surface area (Å²) in [6, 6.07) is 18.8. The predicted molar refractivity (Wildman–Crippen MR) is 78.7 cm³/mol. The number of hydrogen-bond acceptors (Lipinski definition) is 2. The third-order valence-corrected chi connectivity index (χ3v) is 6.26. The molecule has 0 aromatic heterocycles. The van der Waals surface area contributed by atoms with Crippen molar-refractivity contribution < 1.29 is 0 Å². The van der Waals surface area contributed by atoms with Gasteiger partial charge in [-0.25, -0.2) is 0 Å². The summed E-state index contributed by atoms with van der Waals surface area (Å²) in [5.41, 5.74) is 3.00. The average molecular weight is 269 g/mol. The second kappa shape index (κ2) is 4.36. The van der Waals surface area contributed by atoms with Gasteiger partial charge >= 0.3 is 0 Å². The lowest BCUT2D eigenvalue weighted by atomic mass is 9.84. The van der Waals surface area contributed by atoms with Gasteiger partial charge in [0, 0.05) is 33.1 Å². The molecule has 1 radical (unpaired) electrons. The van der Waals surface area contributed by atoms with E-state index in [9.17, 15) is 0 Å². The summed E-state index contributed by atoms with van der Waals surface area (Å²) in [5, 5.41) is 0. The molecule has 0 bridgehead atoms. The van der Waals surface area contributed by atoms with E-state index in [0.29, 0.717) is 11.8 Å². The molecule has 0 saturated heterocycles. The predicted octanol–water partition coefficient (Wildman–Crippen LogP) is 4.57. The van der Waals surface area contributed by atoms with Crippen LogP contribution < -0.4 is 0 Å². The van der Waals surface area contributed by atoms with Gasteiger partial charge in [0.15, 0.2) is 0 Å². The van der Waals surface area contributed by atoms with Gasteiger partial charge in [-0.15, -0.1) is 23.5 Å². The molecule has 18 heavy (non-hydrogen) atoms. The highest BCUT2D eigenvalue weighted by Gasteiger charge is 2.35. The maximum atomic E-state index is 3.48. The van der Waals surface area contributed by atoms with Crippen LogP contribution in [0.5, 0.6) is 0 Å². The Morgan fingerprint density at radius 2 is 1.67 bits per heavy atom. The van der Waals surface area contributed by atoms with Crippen LogP contribution in [0.15, 0.2) is 52.3 Å². The van der Waals surface area contributed by atoms with Gasteiger partial charge in [0.1, 0.15) is 0 Å². The monoisotopic (exact) mass is 269 g/mol. The molecule has 0 saturated carbocycles. The zero-order valence-electron chi connectivity index (χ0n) is 9.93. The van der Waals surface area contributed by atoms with Crippen molar-refractivity contribution in [1.82, 2.24) is 0 Å². The Bertz CT molecular complexity index is 538. The van der Waals surface area contributed by atoms with Crippen molar-refractivity contribution in [2.45, 2.75) is 21.6 Å². The minimum Gasteiger partial charge on any atom is -0.125 e. The van der Waals surface area contributed by atoms with Crippen molar-refractivity contribution >= 4 is 23.5 Å². The van der Waals surface area contributed by atoms with Gasteiger partial charge in [0.25, 0.3) is 0 Å². The highest BCUT2D eigenvalue weighted by Crippen LogP contribution is 2.52. The SMILES string of the molecule is [c]1cccc2c1C(C1CSc3ccccc31)CS2. The Kier molecular flexibility index (Phi) is 2.66. The number of hydrogen-bond donors (Lipinski definition) is 0. The largest absolute Gasteiger partial charge is 0.125 e. The fourth-order valence-electron chi connectivity index (χ4n) is 2.95. The first-order valence-corrected chi connectivity index (χ1v) is 8.26. The lowest BCUT2D eigenvalue weighted by Gasteiger charge is -2.19. The van der Waals surface area contributed by atoms with E-state index in [2.05, 4.69) is 48.5 Å². The van der Waals surface area contributed by atoms with Crippen LogP contribution >= 0.6 is 23.5 Å². The fraction of sp³-hybridized carbons (Fsp3) is 0.250. The normalized spacial score (nSPS) is 24.9. The molecular formula is C16H13S2. The summed E-state index contributed by atoms with van der Waals surface area (Å²) in [7, 11) is 0. The number of fused-ring (bicyclic) bond motifs is 2. The minimum absolute atomic E-state index is 0.655. The molecule has 89 valence electrons. The van der Waals surface area contributed by atoms with Crippen LogP contribution in [-0.2, 0) is 0 Å². The molecular weight excluding hydrogens is 256 g/mol. The maximum Gasteiger partial charge on any atom is 0.0114 e. The van der Waals surface area contributed by atoms with Gasteiger partial charge in [-0.05, 0) is 29.3 Å². The van der Waals surface area contributed by atoms with Crippen LogP contribution in [0.4, 0.5) is 0 Å². The molecule has 2 atom stereocenters. The standard InChI is InChI=1S/C16H13S2/c1-3-7-15-11(5-1)13(9-17-15)14-10-18-16-8-4-2-6-12(14)16/h1-5,7-8,13-14H,9-10H2. The van der Waals surface area contributed by atoms with E-state index in [4.69, 9.17) is 0 Å². The molecule has 2 aromatic rings. The van der Waals surface area contributed by atoms with E-state index >= 15 is 0 Å². The minimum atomic E-state index is 0.655. The second-order valence-electron chi connectivity index (χ2n) is 4.82. The lowest BCUT2D eigenvalue weighted by molar-refractivity contribution is 0.643. The van der Waals surface area contributed by atoms with Crippen molar-refractivity contribution in [1.29, 1.82) is 0 Å². The van der Waals surface area contributed by atoms with Crippen molar-refractivity contribution in [2.75, 3.05) is 11.5 Å². The maximum absolute atomic E-state index is 3.48. The van der Waals surface area contributed by atoms with Gasteiger partial charge < -0.3 is 0 Å². The third-order valence-electron chi connectivity index (χ3n) is 3.86. The highest BCUT2D eigenvalue weighted by atomic mass is 32.2. The van der Waals surface area contributed by atoms with E-state index in [1.165, 1.54) is 26.9 Å². The Morgan fingerprint density at radius 3 is 2.67 bits per heavy atom. The molecule has 0 N–H and O–H groups in total. The second-order valence-corrected chi connectivity index (χ2v) is 6.94. The van der Waals surface area contributed by atoms with Crippen molar-refractivity contribution in [3.8, 4) is 0 Å². The number of rotatable bonds is 1. The van der Waals surface area contributed by atoms with Gasteiger partial charge in [0.05, 0.1) is 0 Å². The van der Waals surface area contributed by atoms with E-state index in [1.54, 1.807) is 5.56 Å².